The Hall–Kier alpha value is -1.74. The molecule has 0 aliphatic rings. The predicted molar refractivity (Wildman–Crippen MR) is 124 cm³/mol. The molecule has 3 rings (SSSR count). The summed E-state index contributed by atoms with van der Waals surface area (Å²) in [5, 5.41) is 0.635. The quantitative estimate of drug-likeness (QED) is 0.316. The van der Waals surface area contributed by atoms with E-state index in [2.05, 4.69) is 20.9 Å². The molecule has 0 aliphatic heterocycles. The summed E-state index contributed by atoms with van der Waals surface area (Å²) in [6.07, 6.45) is 2.53. The number of amides is 1. The number of hydrogen-bond donors (Lipinski definition) is 1. The number of halogens is 2. The van der Waals surface area contributed by atoms with Gasteiger partial charge >= 0.3 is 0 Å². The van der Waals surface area contributed by atoms with Gasteiger partial charge in [0.05, 0.1) is 17.6 Å². The number of unbranched alkanes of at least 4 members (excludes halogenated alkanes) is 2. The van der Waals surface area contributed by atoms with E-state index in [0.29, 0.717) is 23.6 Å². The Morgan fingerprint density at radius 1 is 1.27 bits per heavy atom. The van der Waals surface area contributed by atoms with E-state index >= 15 is 0 Å². The van der Waals surface area contributed by atoms with Crippen LogP contribution in [0.3, 0.4) is 0 Å². The SMILES string of the molecule is CCCCCN(C(=O)c1ccc2nc(C)n(Cc3ccc(Br)cc3Cl)c2c1)S(=O)O. The number of carbonyl (C=O) groups is 1. The lowest BCUT2D eigenvalue weighted by atomic mass is 10.1. The molecule has 1 N–H and O–H groups in total. The number of benzene rings is 2. The molecule has 0 radical (unpaired) electrons. The molecule has 1 unspecified atom stereocenters. The van der Waals surface area contributed by atoms with Crippen molar-refractivity contribution >= 4 is 55.7 Å². The number of aromatic nitrogens is 2. The molecule has 1 aromatic heterocycles. The van der Waals surface area contributed by atoms with Crippen molar-refractivity contribution in [3.05, 3.63) is 62.8 Å². The highest BCUT2D eigenvalue weighted by atomic mass is 79.9. The molecule has 0 spiro atoms. The molecule has 9 heteroatoms. The zero-order valence-corrected chi connectivity index (χ0v) is 19.9. The first-order chi connectivity index (χ1) is 14.3. The lowest BCUT2D eigenvalue weighted by molar-refractivity contribution is 0.0858. The van der Waals surface area contributed by atoms with Crippen molar-refractivity contribution in [1.82, 2.24) is 13.9 Å². The Balaban J connectivity index is 1.95. The summed E-state index contributed by atoms with van der Waals surface area (Å²) < 4.78 is 25.2. The number of aryl methyl sites for hydroxylation is 1. The number of hydrogen-bond acceptors (Lipinski definition) is 3. The number of rotatable bonds is 8. The maximum Gasteiger partial charge on any atom is 0.267 e. The molecule has 1 amide bonds. The van der Waals surface area contributed by atoms with Gasteiger partial charge < -0.3 is 4.57 Å². The van der Waals surface area contributed by atoms with E-state index in [1.807, 2.05) is 36.6 Å². The van der Waals surface area contributed by atoms with Crippen molar-refractivity contribution in [2.45, 2.75) is 39.7 Å². The summed E-state index contributed by atoms with van der Waals surface area (Å²) >= 11 is 7.42. The van der Waals surface area contributed by atoms with E-state index in [4.69, 9.17) is 11.6 Å². The first-order valence-electron chi connectivity index (χ1n) is 9.65. The van der Waals surface area contributed by atoms with Gasteiger partial charge in [0.1, 0.15) is 5.82 Å². The largest absolute Gasteiger partial charge is 0.324 e. The molecule has 3 aromatic rings. The molecule has 0 bridgehead atoms. The van der Waals surface area contributed by atoms with Gasteiger partial charge in [-0.15, -0.1) is 0 Å². The Morgan fingerprint density at radius 2 is 2.03 bits per heavy atom. The Kier molecular flexibility index (Phi) is 7.68. The third kappa shape index (κ3) is 5.11. The minimum absolute atomic E-state index is 0.237. The third-order valence-electron chi connectivity index (χ3n) is 4.91. The van der Waals surface area contributed by atoms with Crippen LogP contribution in [0.2, 0.25) is 5.02 Å². The molecule has 1 heterocycles. The van der Waals surface area contributed by atoms with Gasteiger partial charge in [-0.05, 0) is 49.2 Å². The van der Waals surface area contributed by atoms with Crippen molar-refractivity contribution in [2.24, 2.45) is 0 Å². The predicted octanol–water partition coefficient (Wildman–Crippen LogP) is 5.58. The van der Waals surface area contributed by atoms with Crippen LogP contribution in [0.1, 0.15) is 47.9 Å². The smallest absolute Gasteiger partial charge is 0.267 e. The molecule has 2 aromatic carbocycles. The van der Waals surface area contributed by atoms with Crippen LogP contribution in [0.25, 0.3) is 11.0 Å². The summed E-state index contributed by atoms with van der Waals surface area (Å²) in [6.45, 7) is 4.67. The fraction of sp³-hybridized carbons (Fsp3) is 0.333. The molecular formula is C21H23BrClN3O3S. The van der Waals surface area contributed by atoms with Crippen LogP contribution in [0.15, 0.2) is 40.9 Å². The second-order valence-corrected chi connectivity index (χ2v) is 9.25. The summed E-state index contributed by atoms with van der Waals surface area (Å²) in [5.41, 5.74) is 2.80. The van der Waals surface area contributed by atoms with E-state index in [1.54, 1.807) is 18.2 Å². The van der Waals surface area contributed by atoms with E-state index < -0.39 is 17.2 Å². The second-order valence-electron chi connectivity index (χ2n) is 7.03. The highest BCUT2D eigenvalue weighted by molar-refractivity contribution is 9.10. The molecule has 30 heavy (non-hydrogen) atoms. The maximum atomic E-state index is 12.9. The monoisotopic (exact) mass is 511 g/mol. The molecule has 0 fully saturated rings. The summed E-state index contributed by atoms with van der Waals surface area (Å²) in [4.78, 5) is 17.5. The van der Waals surface area contributed by atoms with Crippen LogP contribution in [0.4, 0.5) is 0 Å². The van der Waals surface area contributed by atoms with Crippen LogP contribution in [-0.2, 0) is 17.8 Å². The van der Waals surface area contributed by atoms with Gasteiger partial charge in [-0.25, -0.2) is 13.5 Å². The van der Waals surface area contributed by atoms with Crippen LogP contribution < -0.4 is 0 Å². The molecule has 6 nitrogen and oxygen atoms in total. The van der Waals surface area contributed by atoms with Crippen molar-refractivity contribution in [3.8, 4) is 0 Å². The normalized spacial score (nSPS) is 12.3. The average molecular weight is 513 g/mol. The van der Waals surface area contributed by atoms with Crippen molar-refractivity contribution in [3.63, 3.8) is 0 Å². The number of carbonyl (C=O) groups excluding carboxylic acids is 1. The van der Waals surface area contributed by atoms with Crippen molar-refractivity contribution < 1.29 is 13.6 Å². The lowest BCUT2D eigenvalue weighted by Gasteiger charge is -2.18. The Bertz CT molecular complexity index is 1100. The van der Waals surface area contributed by atoms with Crippen LogP contribution in [0.5, 0.6) is 0 Å². The van der Waals surface area contributed by atoms with Crippen LogP contribution >= 0.6 is 27.5 Å². The van der Waals surface area contributed by atoms with Gasteiger partial charge in [0.15, 0.2) is 0 Å². The van der Waals surface area contributed by atoms with Crippen LogP contribution in [0, 0.1) is 6.92 Å². The van der Waals surface area contributed by atoms with E-state index in [0.717, 1.165) is 44.0 Å². The third-order valence-corrected chi connectivity index (χ3v) is 6.48. The molecule has 0 saturated carbocycles. The zero-order valence-electron chi connectivity index (χ0n) is 16.8. The van der Waals surface area contributed by atoms with Crippen molar-refractivity contribution in [2.75, 3.05) is 6.54 Å². The van der Waals surface area contributed by atoms with Gasteiger partial charge in [-0.2, -0.15) is 0 Å². The van der Waals surface area contributed by atoms with Gasteiger partial charge in [0, 0.05) is 21.6 Å². The second kappa shape index (κ2) is 10.0. The fourth-order valence-electron chi connectivity index (χ4n) is 3.30. The first kappa shape index (κ1) is 22.9. The number of imidazole rings is 1. The summed E-state index contributed by atoms with van der Waals surface area (Å²) in [7, 11) is 0. The molecule has 0 aliphatic carbocycles. The minimum atomic E-state index is -2.37. The number of fused-ring (bicyclic) bond motifs is 1. The highest BCUT2D eigenvalue weighted by Gasteiger charge is 2.21. The highest BCUT2D eigenvalue weighted by Crippen LogP contribution is 2.25. The fourth-order valence-corrected chi connectivity index (χ4v) is 4.56. The van der Waals surface area contributed by atoms with Gasteiger partial charge in [0.25, 0.3) is 17.2 Å². The Morgan fingerprint density at radius 3 is 2.70 bits per heavy atom. The van der Waals surface area contributed by atoms with Crippen molar-refractivity contribution in [1.29, 1.82) is 0 Å². The first-order valence-corrected chi connectivity index (χ1v) is 11.9. The van der Waals surface area contributed by atoms with E-state index in [9.17, 15) is 13.6 Å². The lowest BCUT2D eigenvalue weighted by Crippen LogP contribution is -2.33. The molecule has 160 valence electrons. The van der Waals surface area contributed by atoms with E-state index in [1.165, 1.54) is 0 Å². The topological polar surface area (TPSA) is 75.4 Å². The summed E-state index contributed by atoms with van der Waals surface area (Å²) in [6, 6.07) is 10.8. The van der Waals surface area contributed by atoms with Gasteiger partial charge in [0.2, 0.25) is 0 Å². The Labute approximate surface area is 191 Å². The minimum Gasteiger partial charge on any atom is -0.324 e. The standard InChI is InChI=1S/C21H23BrClN3O3S/c1-3-4-5-10-26(30(28)29)21(27)15-7-9-19-20(11-15)25(14(2)24-19)13-16-6-8-17(22)12-18(16)23/h6-9,11-12H,3-5,10,13H2,1-2H3,(H,28,29). The zero-order chi connectivity index (χ0) is 21.8. The maximum absolute atomic E-state index is 12.9. The summed E-state index contributed by atoms with van der Waals surface area (Å²) in [5.74, 6) is 0.319. The average Bonchev–Trinajstić information content (AvgIpc) is 3.01. The molecule has 0 saturated heterocycles. The van der Waals surface area contributed by atoms with Gasteiger partial charge in [-0.3, -0.25) is 9.35 Å². The molecule has 1 atom stereocenters. The van der Waals surface area contributed by atoms with E-state index in [-0.39, 0.29) is 6.54 Å². The van der Waals surface area contributed by atoms with Crippen LogP contribution in [-0.4, -0.2) is 35.1 Å². The number of nitrogens with zero attached hydrogens (tertiary/aromatic N) is 3. The van der Waals surface area contributed by atoms with Gasteiger partial charge in [-0.1, -0.05) is 53.4 Å². The molecular weight excluding hydrogens is 490 g/mol.